The van der Waals surface area contributed by atoms with Gasteiger partial charge in [-0.15, -0.1) is 0 Å². The first-order valence-corrected chi connectivity index (χ1v) is 9.30. The van der Waals surface area contributed by atoms with E-state index in [2.05, 4.69) is 9.08 Å². The summed E-state index contributed by atoms with van der Waals surface area (Å²) >= 11 is 0. The minimum Gasteiger partial charge on any atom is -0.379 e. The van der Waals surface area contributed by atoms with Crippen molar-refractivity contribution in [3.05, 3.63) is 47.7 Å². The molecule has 1 saturated heterocycles. The van der Waals surface area contributed by atoms with Crippen LogP contribution < -0.4 is 0 Å². The summed E-state index contributed by atoms with van der Waals surface area (Å²) in [7, 11) is -5.61. The molecule has 0 amide bonds. The third-order valence-electron chi connectivity index (χ3n) is 4.48. The molecule has 1 aromatic carbocycles. The topological polar surface area (TPSA) is 49.9 Å². The maximum atomic E-state index is 12.5. The number of nitrogens with zero attached hydrogens (tertiary/aromatic N) is 2. The second-order valence-electron chi connectivity index (χ2n) is 6.38. The Labute approximate surface area is 144 Å². The van der Waals surface area contributed by atoms with Gasteiger partial charge in [0.1, 0.15) is 5.76 Å². The van der Waals surface area contributed by atoms with Crippen LogP contribution >= 0.6 is 0 Å². The van der Waals surface area contributed by atoms with Gasteiger partial charge in [0.05, 0.1) is 6.54 Å². The van der Waals surface area contributed by atoms with Gasteiger partial charge < -0.3 is 4.18 Å². The van der Waals surface area contributed by atoms with E-state index in [9.17, 15) is 21.6 Å². The first-order chi connectivity index (χ1) is 11.7. The highest BCUT2D eigenvalue weighted by Gasteiger charge is 2.49. The van der Waals surface area contributed by atoms with Gasteiger partial charge in [-0.25, -0.2) is 0 Å². The second-order valence-corrected chi connectivity index (χ2v) is 7.91. The van der Waals surface area contributed by atoms with Crippen molar-refractivity contribution in [1.82, 2.24) is 9.80 Å². The normalized spacial score (nSPS) is 25.5. The van der Waals surface area contributed by atoms with E-state index in [4.69, 9.17) is 0 Å². The maximum Gasteiger partial charge on any atom is 0.534 e. The smallest absolute Gasteiger partial charge is 0.379 e. The molecule has 0 aromatic heterocycles. The van der Waals surface area contributed by atoms with Crippen molar-refractivity contribution in [2.45, 2.75) is 31.1 Å². The van der Waals surface area contributed by atoms with E-state index in [0.29, 0.717) is 13.1 Å². The number of alkyl halides is 3. The van der Waals surface area contributed by atoms with Gasteiger partial charge in [-0.1, -0.05) is 30.3 Å². The van der Waals surface area contributed by atoms with Crippen molar-refractivity contribution >= 4 is 10.1 Å². The summed E-state index contributed by atoms with van der Waals surface area (Å²) in [5.41, 5.74) is -4.26. The van der Waals surface area contributed by atoms with Crippen LogP contribution in [-0.2, 0) is 20.8 Å². The van der Waals surface area contributed by atoms with E-state index < -0.39 is 15.6 Å². The summed E-state index contributed by atoms with van der Waals surface area (Å²) in [6.45, 7) is 4.09. The fourth-order valence-electron chi connectivity index (χ4n) is 3.21. The average Bonchev–Trinajstić information content (AvgIpc) is 2.87. The Morgan fingerprint density at radius 3 is 2.52 bits per heavy atom. The zero-order valence-corrected chi connectivity index (χ0v) is 14.4. The third-order valence-corrected chi connectivity index (χ3v) is 5.48. The number of halogens is 3. The molecule has 0 spiro atoms. The minimum absolute atomic E-state index is 0.0729. The Hall–Kier alpha value is -1.58. The quantitative estimate of drug-likeness (QED) is 0.596. The number of hydrogen-bond donors (Lipinski definition) is 0. The number of benzene rings is 1. The first kappa shape index (κ1) is 18.2. The van der Waals surface area contributed by atoms with Crippen LogP contribution in [0, 0.1) is 0 Å². The predicted molar refractivity (Wildman–Crippen MR) is 85.8 cm³/mol. The fourth-order valence-corrected chi connectivity index (χ4v) is 3.70. The van der Waals surface area contributed by atoms with Gasteiger partial charge in [0.25, 0.3) is 0 Å². The number of fused-ring (bicyclic) bond motifs is 1. The average molecular weight is 376 g/mol. The summed E-state index contributed by atoms with van der Waals surface area (Å²) in [4.78, 5) is 4.17. The molecule has 5 nitrogen and oxygen atoms in total. The lowest BCUT2D eigenvalue weighted by atomic mass is 10.1. The second kappa shape index (κ2) is 6.62. The Kier molecular flexibility index (Phi) is 4.82. The van der Waals surface area contributed by atoms with Gasteiger partial charge in [0.2, 0.25) is 0 Å². The van der Waals surface area contributed by atoms with Crippen LogP contribution in [-0.4, -0.2) is 55.4 Å². The van der Waals surface area contributed by atoms with Crippen molar-refractivity contribution < 1.29 is 25.8 Å². The summed E-state index contributed by atoms with van der Waals surface area (Å²) in [6, 6.07) is 9.94. The van der Waals surface area contributed by atoms with E-state index in [0.717, 1.165) is 12.1 Å². The van der Waals surface area contributed by atoms with E-state index >= 15 is 0 Å². The van der Waals surface area contributed by atoms with Crippen molar-refractivity contribution in [2.24, 2.45) is 0 Å². The lowest BCUT2D eigenvalue weighted by Crippen LogP contribution is -2.54. The fraction of sp³-hybridized carbons (Fsp3) is 0.500. The molecule has 3 rings (SSSR count). The number of hydrogen-bond acceptors (Lipinski definition) is 5. The molecule has 0 N–H and O–H groups in total. The molecular weight excluding hydrogens is 357 g/mol. The molecule has 2 aliphatic heterocycles. The van der Waals surface area contributed by atoms with Gasteiger partial charge in [-0.05, 0) is 18.6 Å². The molecular formula is C16H19F3N2O3S. The molecule has 2 heterocycles. The third kappa shape index (κ3) is 3.99. The number of rotatable bonds is 4. The van der Waals surface area contributed by atoms with Gasteiger partial charge in [-0.2, -0.15) is 21.6 Å². The highest BCUT2D eigenvalue weighted by atomic mass is 32.2. The lowest BCUT2D eigenvalue weighted by molar-refractivity contribution is -0.0524. The van der Waals surface area contributed by atoms with Crippen molar-refractivity contribution in [2.75, 3.05) is 19.6 Å². The van der Waals surface area contributed by atoms with E-state index in [-0.39, 0.29) is 24.4 Å². The molecule has 2 atom stereocenters. The van der Waals surface area contributed by atoms with Crippen LogP contribution in [0.2, 0.25) is 0 Å². The van der Waals surface area contributed by atoms with Crippen LogP contribution in [0.15, 0.2) is 42.2 Å². The van der Waals surface area contributed by atoms with Crippen LogP contribution in [0.3, 0.4) is 0 Å². The standard InChI is InChI=1S/C16H19F3N2O3S/c1-12-8-21-11-15(24-25(22,23)16(17,18)19)7-14(21)10-20(12)9-13-5-3-2-4-6-13/h2-7,12,14H,8-11H2,1H3. The van der Waals surface area contributed by atoms with Crippen LogP contribution in [0.5, 0.6) is 0 Å². The molecule has 0 aliphatic carbocycles. The maximum absolute atomic E-state index is 12.5. The zero-order valence-electron chi connectivity index (χ0n) is 13.6. The van der Waals surface area contributed by atoms with Gasteiger partial charge in [0.15, 0.2) is 0 Å². The molecule has 2 aliphatic rings. The molecule has 0 saturated carbocycles. The Morgan fingerprint density at radius 1 is 1.20 bits per heavy atom. The van der Waals surface area contributed by atoms with E-state index in [1.165, 1.54) is 6.08 Å². The van der Waals surface area contributed by atoms with Crippen molar-refractivity contribution in [3.63, 3.8) is 0 Å². The minimum atomic E-state index is -5.61. The zero-order chi connectivity index (χ0) is 18.2. The lowest BCUT2D eigenvalue weighted by Gasteiger charge is -2.41. The van der Waals surface area contributed by atoms with Crippen LogP contribution in [0.1, 0.15) is 12.5 Å². The molecule has 138 valence electrons. The molecule has 1 fully saturated rings. The molecule has 0 bridgehead atoms. The van der Waals surface area contributed by atoms with Crippen molar-refractivity contribution in [3.8, 4) is 0 Å². The predicted octanol–water partition coefficient (Wildman–Crippen LogP) is 2.33. The highest BCUT2D eigenvalue weighted by Crippen LogP contribution is 2.31. The Morgan fingerprint density at radius 2 is 1.88 bits per heavy atom. The van der Waals surface area contributed by atoms with Gasteiger partial charge in [0, 0.05) is 31.7 Å². The van der Waals surface area contributed by atoms with Crippen molar-refractivity contribution in [1.29, 1.82) is 0 Å². The number of piperazine rings is 1. The first-order valence-electron chi connectivity index (χ1n) is 7.89. The molecule has 9 heteroatoms. The van der Waals surface area contributed by atoms with E-state index in [1.807, 2.05) is 42.2 Å². The highest BCUT2D eigenvalue weighted by molar-refractivity contribution is 7.87. The molecule has 25 heavy (non-hydrogen) atoms. The Bertz CT molecular complexity index is 750. The van der Waals surface area contributed by atoms with E-state index in [1.54, 1.807) is 0 Å². The molecule has 1 aromatic rings. The summed E-state index contributed by atoms with van der Waals surface area (Å²) in [5, 5.41) is 0. The van der Waals surface area contributed by atoms with Crippen LogP contribution in [0.25, 0.3) is 0 Å². The Balaban J connectivity index is 1.68. The summed E-state index contributed by atoms with van der Waals surface area (Å²) < 4.78 is 64.0. The summed E-state index contributed by atoms with van der Waals surface area (Å²) in [6.07, 6.45) is 1.48. The SMILES string of the molecule is CC1CN2CC(OS(=O)(=O)C(F)(F)F)=CC2CN1Cc1ccccc1. The largest absolute Gasteiger partial charge is 0.534 e. The van der Waals surface area contributed by atoms with Crippen LogP contribution in [0.4, 0.5) is 13.2 Å². The summed E-state index contributed by atoms with van der Waals surface area (Å²) in [5.74, 6) is -0.156. The molecule has 0 radical (unpaired) electrons. The van der Waals surface area contributed by atoms with Gasteiger partial charge >= 0.3 is 15.6 Å². The van der Waals surface area contributed by atoms with Gasteiger partial charge in [-0.3, -0.25) is 9.80 Å². The monoisotopic (exact) mass is 376 g/mol. The molecule has 2 unspecified atom stereocenters.